The number of nitrogens with zero attached hydrogens (tertiary/aromatic N) is 1. The van der Waals surface area contributed by atoms with E-state index in [2.05, 4.69) is 15.5 Å². The number of rotatable bonds is 3. The number of nitrogens with one attached hydrogen (secondary N) is 2. The highest BCUT2D eigenvalue weighted by molar-refractivity contribution is 7.80. The summed E-state index contributed by atoms with van der Waals surface area (Å²) in [5, 5.41) is 8.46. The fraction of sp³-hybridized carbons (Fsp3) is 0. The van der Waals surface area contributed by atoms with E-state index in [1.54, 1.807) is 24.3 Å². The Hall–Kier alpha value is -2.54. The summed E-state index contributed by atoms with van der Waals surface area (Å²) in [6.45, 7) is 0. The second-order valence-electron chi connectivity index (χ2n) is 3.70. The van der Waals surface area contributed by atoms with Crippen molar-refractivity contribution in [3.05, 3.63) is 58.0 Å². The van der Waals surface area contributed by atoms with Crippen molar-refractivity contribution in [2.24, 2.45) is 5.73 Å². The van der Waals surface area contributed by atoms with E-state index >= 15 is 0 Å². The lowest BCUT2D eigenvalue weighted by Gasteiger charge is -2.05. The Morgan fingerprint density at radius 3 is 2.42 bits per heavy atom. The number of hydrogen-bond acceptors (Lipinski definition) is 4. The number of hydrogen-bond donors (Lipinski definition) is 3. The average Bonchev–Trinajstić information content (AvgIpc) is 2.40. The van der Waals surface area contributed by atoms with E-state index in [0.29, 0.717) is 10.7 Å². The molecule has 1 aromatic carbocycles. The van der Waals surface area contributed by atoms with E-state index in [1.165, 1.54) is 12.1 Å². The van der Waals surface area contributed by atoms with Gasteiger partial charge in [-0.1, -0.05) is 12.2 Å². The molecule has 2 rings (SSSR count). The molecule has 0 aliphatic heterocycles. The summed E-state index contributed by atoms with van der Waals surface area (Å²) in [4.78, 5) is 22.9. The molecule has 0 aliphatic rings. The van der Waals surface area contributed by atoms with Crippen LogP contribution in [0.2, 0.25) is 0 Å². The second kappa shape index (κ2) is 5.40. The van der Waals surface area contributed by atoms with Crippen molar-refractivity contribution in [2.75, 3.05) is 5.32 Å². The van der Waals surface area contributed by atoms with Gasteiger partial charge in [-0.05, 0) is 30.3 Å². The number of anilines is 1. The minimum Gasteiger partial charge on any atom is -0.389 e. The Morgan fingerprint density at radius 2 is 1.89 bits per heavy atom. The zero-order chi connectivity index (χ0) is 13.8. The molecule has 7 heteroatoms. The average molecular weight is 274 g/mol. The van der Waals surface area contributed by atoms with E-state index in [-0.39, 0.29) is 11.3 Å². The second-order valence-corrected chi connectivity index (χ2v) is 4.14. The van der Waals surface area contributed by atoms with Crippen molar-refractivity contribution in [1.29, 1.82) is 0 Å². The predicted octanol–water partition coefficient (Wildman–Crippen LogP) is 0.656. The Labute approximate surface area is 113 Å². The van der Waals surface area contributed by atoms with Gasteiger partial charge in [-0.25, -0.2) is 5.10 Å². The SMILES string of the molecule is NC(=S)c1ccc(NC(=O)c2ccc(=O)[nH]n2)cc1. The number of thiocarbonyl (C=S) groups is 1. The first-order valence-electron chi connectivity index (χ1n) is 5.33. The topological polar surface area (TPSA) is 101 Å². The van der Waals surface area contributed by atoms with E-state index in [9.17, 15) is 9.59 Å². The first-order chi connectivity index (χ1) is 9.06. The van der Waals surface area contributed by atoms with Crippen molar-refractivity contribution in [3.8, 4) is 0 Å². The number of nitrogens with two attached hydrogens (primary N) is 1. The molecule has 0 saturated carbocycles. The van der Waals surface area contributed by atoms with Gasteiger partial charge < -0.3 is 11.1 Å². The third-order valence-corrected chi connectivity index (χ3v) is 2.57. The van der Waals surface area contributed by atoms with Crippen LogP contribution >= 0.6 is 12.2 Å². The van der Waals surface area contributed by atoms with Gasteiger partial charge in [0.2, 0.25) is 0 Å². The van der Waals surface area contributed by atoms with Crippen LogP contribution in [0.5, 0.6) is 0 Å². The van der Waals surface area contributed by atoms with Gasteiger partial charge in [-0.15, -0.1) is 0 Å². The summed E-state index contributed by atoms with van der Waals surface area (Å²) in [6, 6.07) is 9.35. The van der Waals surface area contributed by atoms with Crippen molar-refractivity contribution >= 4 is 28.8 Å². The van der Waals surface area contributed by atoms with E-state index in [4.69, 9.17) is 18.0 Å². The molecule has 0 bridgehead atoms. The van der Waals surface area contributed by atoms with Crippen molar-refractivity contribution < 1.29 is 4.79 Å². The summed E-state index contributed by atoms with van der Waals surface area (Å²) in [5.41, 5.74) is 6.53. The van der Waals surface area contributed by atoms with Crippen LogP contribution in [0.4, 0.5) is 5.69 Å². The van der Waals surface area contributed by atoms with Crippen LogP contribution in [-0.4, -0.2) is 21.1 Å². The van der Waals surface area contributed by atoms with Gasteiger partial charge in [0.15, 0.2) is 0 Å². The van der Waals surface area contributed by atoms with Crippen molar-refractivity contribution in [3.63, 3.8) is 0 Å². The summed E-state index contributed by atoms with van der Waals surface area (Å²) in [7, 11) is 0. The molecule has 6 nitrogen and oxygen atoms in total. The maximum absolute atomic E-state index is 11.8. The monoisotopic (exact) mass is 274 g/mol. The predicted molar refractivity (Wildman–Crippen MR) is 75.1 cm³/mol. The lowest BCUT2D eigenvalue weighted by Crippen LogP contribution is -2.17. The van der Waals surface area contributed by atoms with E-state index in [0.717, 1.165) is 5.56 Å². The number of carbonyl (C=O) groups is 1. The molecule has 0 saturated heterocycles. The first kappa shape index (κ1) is 12.9. The van der Waals surface area contributed by atoms with Crippen LogP contribution in [0.25, 0.3) is 0 Å². The minimum absolute atomic E-state index is 0.123. The van der Waals surface area contributed by atoms with Crippen LogP contribution < -0.4 is 16.6 Å². The van der Waals surface area contributed by atoms with Crippen LogP contribution in [0.15, 0.2) is 41.2 Å². The van der Waals surface area contributed by atoms with Gasteiger partial charge in [0.05, 0.1) is 0 Å². The van der Waals surface area contributed by atoms with Crippen molar-refractivity contribution in [2.45, 2.75) is 0 Å². The maximum Gasteiger partial charge on any atom is 0.276 e. The zero-order valence-corrected chi connectivity index (χ0v) is 10.5. The smallest absolute Gasteiger partial charge is 0.276 e. The molecule has 0 fully saturated rings. The van der Waals surface area contributed by atoms with Crippen LogP contribution in [0.3, 0.4) is 0 Å². The van der Waals surface area contributed by atoms with Gasteiger partial charge >= 0.3 is 0 Å². The van der Waals surface area contributed by atoms with Crippen LogP contribution in [-0.2, 0) is 0 Å². The molecule has 96 valence electrons. The van der Waals surface area contributed by atoms with Gasteiger partial charge in [-0.2, -0.15) is 5.10 Å². The number of carbonyl (C=O) groups excluding carboxylic acids is 1. The van der Waals surface area contributed by atoms with Crippen LogP contribution in [0, 0.1) is 0 Å². The van der Waals surface area contributed by atoms with Gasteiger partial charge in [-0.3, -0.25) is 9.59 Å². The van der Waals surface area contributed by atoms with Gasteiger partial charge in [0, 0.05) is 17.3 Å². The standard InChI is InChI=1S/C12H10N4O2S/c13-11(19)7-1-3-8(4-2-7)14-12(18)9-5-6-10(17)16-15-9/h1-6H,(H2,13,19)(H,14,18)(H,16,17). The Morgan fingerprint density at radius 1 is 1.21 bits per heavy atom. The quantitative estimate of drug-likeness (QED) is 0.714. The summed E-state index contributed by atoms with van der Waals surface area (Å²) >= 11 is 4.83. The molecule has 0 aliphatic carbocycles. The molecule has 4 N–H and O–H groups in total. The number of aromatic nitrogens is 2. The lowest BCUT2D eigenvalue weighted by atomic mass is 10.2. The highest BCUT2D eigenvalue weighted by Gasteiger charge is 2.07. The van der Waals surface area contributed by atoms with Gasteiger partial charge in [0.25, 0.3) is 11.5 Å². The molecule has 0 unspecified atom stereocenters. The number of amides is 1. The molecular weight excluding hydrogens is 264 g/mol. The summed E-state index contributed by atoms with van der Waals surface area (Å²) in [5.74, 6) is -0.417. The van der Waals surface area contributed by atoms with Gasteiger partial charge in [0.1, 0.15) is 10.7 Å². The van der Waals surface area contributed by atoms with Crippen molar-refractivity contribution in [1.82, 2.24) is 10.2 Å². The number of H-pyrrole nitrogens is 1. The molecule has 1 aromatic heterocycles. The minimum atomic E-state index is -0.417. The Kier molecular flexibility index (Phi) is 3.67. The molecule has 1 heterocycles. The van der Waals surface area contributed by atoms with E-state index in [1.807, 2.05) is 0 Å². The molecule has 0 atom stereocenters. The fourth-order valence-corrected chi connectivity index (χ4v) is 1.52. The lowest BCUT2D eigenvalue weighted by molar-refractivity contribution is 0.102. The normalized spacial score (nSPS) is 9.89. The molecule has 2 aromatic rings. The highest BCUT2D eigenvalue weighted by Crippen LogP contribution is 2.10. The van der Waals surface area contributed by atoms with Crippen LogP contribution in [0.1, 0.15) is 16.1 Å². The molecular formula is C12H10N4O2S. The summed E-state index contributed by atoms with van der Waals surface area (Å²) in [6.07, 6.45) is 0. The first-order valence-corrected chi connectivity index (χ1v) is 5.74. The number of benzene rings is 1. The highest BCUT2D eigenvalue weighted by atomic mass is 32.1. The third kappa shape index (κ3) is 3.23. The Bertz CT molecular complexity index is 658. The molecule has 1 amide bonds. The molecule has 19 heavy (non-hydrogen) atoms. The fourth-order valence-electron chi connectivity index (χ4n) is 1.38. The summed E-state index contributed by atoms with van der Waals surface area (Å²) < 4.78 is 0. The number of aromatic amines is 1. The Balaban J connectivity index is 2.12. The van der Waals surface area contributed by atoms with E-state index < -0.39 is 5.91 Å². The zero-order valence-electron chi connectivity index (χ0n) is 9.71. The maximum atomic E-state index is 11.8. The molecule has 0 spiro atoms. The largest absolute Gasteiger partial charge is 0.389 e. The molecule has 0 radical (unpaired) electrons. The third-order valence-electron chi connectivity index (χ3n) is 2.34.